The van der Waals surface area contributed by atoms with E-state index >= 15 is 0 Å². The Morgan fingerprint density at radius 3 is 2.33 bits per heavy atom. The summed E-state index contributed by atoms with van der Waals surface area (Å²) in [4.78, 5) is 9.94. The fraction of sp³-hybridized carbons (Fsp3) is 0.750. The molecule has 0 saturated carbocycles. The van der Waals surface area contributed by atoms with E-state index in [4.69, 9.17) is 0 Å². The van der Waals surface area contributed by atoms with Gasteiger partial charge in [-0.3, -0.25) is 4.79 Å². The van der Waals surface area contributed by atoms with Crippen molar-refractivity contribution >= 4 is 17.6 Å². The van der Waals surface area contributed by atoms with Gasteiger partial charge in [-0.05, 0) is 11.6 Å². The molecule has 0 aromatic rings. The number of carbonyl (C=O) groups excluding carboxylic acids is 1. The van der Waals surface area contributed by atoms with Gasteiger partial charge in [0.2, 0.25) is 0 Å². The standard InChI is InChI=1S/C4H3ClF2O2/c5-4(6,7)2-1-3(8)9-2/h2H,1H2. The highest BCUT2D eigenvalue weighted by atomic mass is 35.5. The van der Waals surface area contributed by atoms with E-state index in [1.165, 1.54) is 0 Å². The minimum atomic E-state index is -3.39. The molecule has 0 aromatic heterocycles. The van der Waals surface area contributed by atoms with Gasteiger partial charge in [0.15, 0.2) is 6.10 Å². The van der Waals surface area contributed by atoms with Gasteiger partial charge in [0.25, 0.3) is 0 Å². The summed E-state index contributed by atoms with van der Waals surface area (Å²) in [5.41, 5.74) is 0. The van der Waals surface area contributed by atoms with Crippen LogP contribution in [0.1, 0.15) is 6.42 Å². The number of alkyl halides is 3. The van der Waals surface area contributed by atoms with Gasteiger partial charge in [-0.1, -0.05) is 0 Å². The lowest BCUT2D eigenvalue weighted by Gasteiger charge is -2.28. The molecule has 0 radical (unpaired) electrons. The predicted molar refractivity (Wildman–Crippen MR) is 25.3 cm³/mol. The minimum absolute atomic E-state index is 0.281. The highest BCUT2D eigenvalue weighted by molar-refractivity contribution is 6.22. The van der Waals surface area contributed by atoms with Crippen molar-refractivity contribution < 1.29 is 18.3 Å². The first-order valence-corrected chi connectivity index (χ1v) is 2.64. The molecule has 0 amide bonds. The number of cyclic esters (lactones) is 1. The third-order valence-corrected chi connectivity index (χ3v) is 1.23. The van der Waals surface area contributed by atoms with Gasteiger partial charge in [-0.25, -0.2) is 0 Å². The minimum Gasteiger partial charge on any atom is -0.454 e. The smallest absolute Gasteiger partial charge is 0.358 e. The van der Waals surface area contributed by atoms with Crippen molar-refractivity contribution in [3.05, 3.63) is 0 Å². The first-order chi connectivity index (χ1) is 4.00. The van der Waals surface area contributed by atoms with Crippen LogP contribution >= 0.6 is 11.6 Å². The van der Waals surface area contributed by atoms with Crippen LogP contribution in [0.25, 0.3) is 0 Å². The van der Waals surface area contributed by atoms with Gasteiger partial charge in [-0.15, -0.1) is 0 Å². The summed E-state index contributed by atoms with van der Waals surface area (Å²) in [5, 5.41) is -3.39. The number of esters is 1. The maximum absolute atomic E-state index is 11.8. The number of rotatable bonds is 1. The van der Waals surface area contributed by atoms with Crippen molar-refractivity contribution in [2.75, 3.05) is 0 Å². The molecular weight excluding hydrogens is 153 g/mol. The van der Waals surface area contributed by atoms with Crippen LogP contribution < -0.4 is 0 Å². The Kier molecular flexibility index (Phi) is 1.35. The second-order valence-electron chi connectivity index (χ2n) is 1.72. The predicted octanol–water partition coefficient (Wildman–Crippen LogP) is 1.13. The molecule has 1 heterocycles. The zero-order valence-corrected chi connectivity index (χ0v) is 4.99. The van der Waals surface area contributed by atoms with E-state index in [1.54, 1.807) is 0 Å². The monoisotopic (exact) mass is 156 g/mol. The van der Waals surface area contributed by atoms with Gasteiger partial charge in [0, 0.05) is 0 Å². The number of hydrogen-bond acceptors (Lipinski definition) is 2. The molecule has 0 aliphatic carbocycles. The first kappa shape index (κ1) is 6.74. The Bertz CT molecular complexity index is 134. The van der Waals surface area contributed by atoms with E-state index in [1.807, 2.05) is 0 Å². The lowest BCUT2D eigenvalue weighted by Crippen LogP contribution is -2.43. The molecule has 2 nitrogen and oxygen atoms in total. The molecule has 1 fully saturated rings. The van der Waals surface area contributed by atoms with Gasteiger partial charge < -0.3 is 4.74 Å². The van der Waals surface area contributed by atoms with E-state index in [0.29, 0.717) is 0 Å². The Balaban J connectivity index is 2.40. The second kappa shape index (κ2) is 1.80. The highest BCUT2D eigenvalue weighted by Gasteiger charge is 2.47. The van der Waals surface area contributed by atoms with Gasteiger partial charge >= 0.3 is 11.4 Å². The molecule has 1 rings (SSSR count). The highest BCUT2D eigenvalue weighted by Crippen LogP contribution is 2.33. The quantitative estimate of drug-likeness (QED) is 0.420. The number of ether oxygens (including phenoxy) is 1. The van der Waals surface area contributed by atoms with Crippen molar-refractivity contribution in [3.63, 3.8) is 0 Å². The molecule has 1 aliphatic heterocycles. The lowest BCUT2D eigenvalue weighted by molar-refractivity contribution is -0.190. The number of halogens is 3. The molecule has 0 spiro atoms. The molecule has 9 heavy (non-hydrogen) atoms. The van der Waals surface area contributed by atoms with E-state index in [9.17, 15) is 13.6 Å². The summed E-state index contributed by atoms with van der Waals surface area (Å²) in [6.45, 7) is 0. The van der Waals surface area contributed by atoms with E-state index < -0.39 is 17.5 Å². The first-order valence-electron chi connectivity index (χ1n) is 2.26. The fourth-order valence-electron chi connectivity index (χ4n) is 0.483. The number of carbonyl (C=O) groups is 1. The van der Waals surface area contributed by atoms with Gasteiger partial charge in [0.05, 0.1) is 6.42 Å². The molecule has 52 valence electrons. The van der Waals surface area contributed by atoms with E-state index in [0.717, 1.165) is 0 Å². The third kappa shape index (κ3) is 1.30. The second-order valence-corrected chi connectivity index (χ2v) is 2.23. The van der Waals surface area contributed by atoms with E-state index in [-0.39, 0.29) is 6.42 Å². The zero-order valence-electron chi connectivity index (χ0n) is 4.23. The average Bonchev–Trinajstić information content (AvgIpc) is 1.55. The maximum atomic E-state index is 11.8. The van der Waals surface area contributed by atoms with Crippen molar-refractivity contribution in [2.24, 2.45) is 0 Å². The summed E-state index contributed by atoms with van der Waals surface area (Å²) >= 11 is 4.49. The van der Waals surface area contributed by atoms with Crippen LogP contribution in [0, 0.1) is 0 Å². The molecular formula is C4H3ClF2O2. The Morgan fingerprint density at radius 2 is 2.22 bits per heavy atom. The maximum Gasteiger partial charge on any atom is 0.358 e. The number of hydrogen-bond donors (Lipinski definition) is 0. The van der Waals surface area contributed by atoms with Crippen LogP contribution in [0.3, 0.4) is 0 Å². The van der Waals surface area contributed by atoms with Crippen LogP contribution in [0.4, 0.5) is 8.78 Å². The Morgan fingerprint density at radius 1 is 1.78 bits per heavy atom. The van der Waals surface area contributed by atoms with Crippen LogP contribution in [-0.4, -0.2) is 17.5 Å². The van der Waals surface area contributed by atoms with Crippen molar-refractivity contribution in [1.82, 2.24) is 0 Å². The van der Waals surface area contributed by atoms with Crippen LogP contribution in [-0.2, 0) is 9.53 Å². The van der Waals surface area contributed by atoms with Crippen molar-refractivity contribution in [3.8, 4) is 0 Å². The summed E-state index contributed by atoms with van der Waals surface area (Å²) < 4.78 is 27.6. The van der Waals surface area contributed by atoms with Crippen LogP contribution in [0.15, 0.2) is 0 Å². The lowest BCUT2D eigenvalue weighted by atomic mass is 10.2. The summed E-state index contributed by atoms with van der Waals surface area (Å²) in [6, 6.07) is 0. The van der Waals surface area contributed by atoms with Gasteiger partial charge in [-0.2, -0.15) is 8.78 Å². The SMILES string of the molecule is O=C1CC(C(F)(F)Cl)O1. The van der Waals surface area contributed by atoms with Crippen molar-refractivity contribution in [1.29, 1.82) is 0 Å². The van der Waals surface area contributed by atoms with Crippen LogP contribution in [0.2, 0.25) is 0 Å². The Hall–Kier alpha value is -0.380. The molecule has 1 atom stereocenters. The van der Waals surface area contributed by atoms with Gasteiger partial charge in [0.1, 0.15) is 0 Å². The summed E-state index contributed by atoms with van der Waals surface area (Å²) in [7, 11) is 0. The molecule has 1 saturated heterocycles. The molecule has 0 bridgehead atoms. The largest absolute Gasteiger partial charge is 0.454 e. The van der Waals surface area contributed by atoms with Crippen LogP contribution in [0.5, 0.6) is 0 Å². The molecule has 0 aromatic carbocycles. The summed E-state index contributed by atoms with van der Waals surface area (Å²) in [6.07, 6.45) is -1.69. The zero-order chi connectivity index (χ0) is 7.07. The Labute approximate surface area is 54.7 Å². The molecule has 1 aliphatic rings. The fourth-order valence-corrected chi connectivity index (χ4v) is 0.605. The topological polar surface area (TPSA) is 26.3 Å². The summed E-state index contributed by atoms with van der Waals surface area (Å²) in [5.74, 6) is -0.625. The normalized spacial score (nSPS) is 27.0. The van der Waals surface area contributed by atoms with Crippen molar-refractivity contribution in [2.45, 2.75) is 17.9 Å². The molecule has 0 N–H and O–H groups in total. The van der Waals surface area contributed by atoms with E-state index in [2.05, 4.69) is 16.3 Å². The molecule has 5 heteroatoms. The average molecular weight is 157 g/mol. The third-order valence-electron chi connectivity index (χ3n) is 0.991. The molecule has 1 unspecified atom stereocenters.